The van der Waals surface area contributed by atoms with Gasteiger partial charge in [0.2, 0.25) is 0 Å². The Balaban J connectivity index is 1.56. The minimum absolute atomic E-state index is 0.132. The summed E-state index contributed by atoms with van der Waals surface area (Å²) in [6, 6.07) is 23.7. The number of nitrogens with zero attached hydrogens (tertiary/aromatic N) is 1. The zero-order chi connectivity index (χ0) is 24.6. The van der Waals surface area contributed by atoms with Crippen LogP contribution in [0.25, 0.3) is 12.2 Å². The van der Waals surface area contributed by atoms with Crippen molar-refractivity contribution in [2.24, 2.45) is 0 Å². The highest BCUT2D eigenvalue weighted by Gasteiger charge is 2.07. The van der Waals surface area contributed by atoms with Gasteiger partial charge in [-0.05, 0) is 48.0 Å². The van der Waals surface area contributed by atoms with Crippen LogP contribution in [-0.4, -0.2) is 16.1 Å². The molecule has 4 rings (SSSR count). The fourth-order valence-electron chi connectivity index (χ4n) is 3.22. The van der Waals surface area contributed by atoms with Crippen molar-refractivity contribution in [2.75, 3.05) is 0 Å². The van der Waals surface area contributed by atoms with E-state index in [1.165, 1.54) is 12.3 Å². The van der Waals surface area contributed by atoms with E-state index in [1.54, 1.807) is 12.1 Å². The van der Waals surface area contributed by atoms with E-state index in [-0.39, 0.29) is 5.56 Å². The highest BCUT2D eigenvalue weighted by atomic mass is 35.5. The first-order valence-electron chi connectivity index (χ1n) is 10.7. The standard InChI is InChI=1S/C28H21Cl2NO4/c29-26-7-3-1-5-21(26)17-34-24-13-19(9-11-23-12-10-20(16-31-23)28(32)33)14-25(15-24)35-18-22-6-2-4-8-27(22)30/h1-16H,17-18H2,(H,32,33)/b11-9+. The third-order valence-corrected chi connectivity index (χ3v) is 5.82. The van der Waals surface area contributed by atoms with E-state index in [0.717, 1.165) is 16.7 Å². The van der Waals surface area contributed by atoms with Gasteiger partial charge in [0, 0.05) is 33.4 Å². The Morgan fingerprint density at radius 2 is 1.37 bits per heavy atom. The molecule has 35 heavy (non-hydrogen) atoms. The summed E-state index contributed by atoms with van der Waals surface area (Å²) < 4.78 is 12.0. The van der Waals surface area contributed by atoms with Crippen molar-refractivity contribution in [3.63, 3.8) is 0 Å². The van der Waals surface area contributed by atoms with Gasteiger partial charge in [0.05, 0.1) is 11.3 Å². The monoisotopic (exact) mass is 505 g/mol. The molecule has 0 aliphatic rings. The topological polar surface area (TPSA) is 68.7 Å². The SMILES string of the molecule is O=C(O)c1ccc(/C=C/c2cc(OCc3ccccc3Cl)cc(OCc3ccccc3Cl)c2)nc1. The van der Waals surface area contributed by atoms with E-state index in [0.29, 0.717) is 40.5 Å². The Kier molecular flexibility index (Phi) is 8.03. The van der Waals surface area contributed by atoms with Crippen LogP contribution in [-0.2, 0) is 13.2 Å². The van der Waals surface area contributed by atoms with Gasteiger partial charge in [-0.2, -0.15) is 0 Å². The molecule has 0 saturated heterocycles. The molecular formula is C28H21Cl2NO4. The molecule has 4 aromatic rings. The molecule has 1 heterocycles. The number of carbonyl (C=O) groups is 1. The summed E-state index contributed by atoms with van der Waals surface area (Å²) in [6.45, 7) is 0.601. The van der Waals surface area contributed by atoms with Gasteiger partial charge in [0.15, 0.2) is 0 Å². The van der Waals surface area contributed by atoms with Gasteiger partial charge in [0.1, 0.15) is 24.7 Å². The lowest BCUT2D eigenvalue weighted by Crippen LogP contribution is -1.99. The van der Waals surface area contributed by atoms with E-state index in [1.807, 2.05) is 72.8 Å². The molecule has 0 aliphatic heterocycles. The van der Waals surface area contributed by atoms with Crippen molar-refractivity contribution >= 4 is 41.3 Å². The van der Waals surface area contributed by atoms with Crippen molar-refractivity contribution in [3.8, 4) is 11.5 Å². The number of hydrogen-bond acceptors (Lipinski definition) is 4. The summed E-state index contributed by atoms with van der Waals surface area (Å²) in [5, 5.41) is 10.3. The molecule has 0 atom stereocenters. The van der Waals surface area contributed by atoms with Crippen LogP contribution < -0.4 is 9.47 Å². The lowest BCUT2D eigenvalue weighted by atomic mass is 10.1. The number of benzene rings is 3. The summed E-state index contributed by atoms with van der Waals surface area (Å²) in [7, 11) is 0. The van der Waals surface area contributed by atoms with Gasteiger partial charge in [-0.1, -0.05) is 65.7 Å². The van der Waals surface area contributed by atoms with Crippen LogP contribution in [0.5, 0.6) is 11.5 Å². The van der Waals surface area contributed by atoms with E-state index in [2.05, 4.69) is 4.98 Å². The molecule has 0 aliphatic carbocycles. The zero-order valence-electron chi connectivity index (χ0n) is 18.5. The number of carboxylic acid groups (broad SMARTS) is 1. The molecule has 1 N–H and O–H groups in total. The predicted molar refractivity (Wildman–Crippen MR) is 138 cm³/mol. The molecule has 5 nitrogen and oxygen atoms in total. The van der Waals surface area contributed by atoms with E-state index in [4.69, 9.17) is 37.8 Å². The van der Waals surface area contributed by atoms with Crippen molar-refractivity contribution < 1.29 is 19.4 Å². The third kappa shape index (κ3) is 6.85. The minimum atomic E-state index is -1.02. The number of aromatic nitrogens is 1. The van der Waals surface area contributed by atoms with Gasteiger partial charge in [-0.3, -0.25) is 4.98 Å². The number of hydrogen-bond donors (Lipinski definition) is 1. The number of carboxylic acids is 1. The van der Waals surface area contributed by atoms with Crippen LogP contribution in [0.1, 0.15) is 32.7 Å². The van der Waals surface area contributed by atoms with Crippen LogP contribution in [0.4, 0.5) is 0 Å². The van der Waals surface area contributed by atoms with E-state index >= 15 is 0 Å². The second-order valence-corrected chi connectivity index (χ2v) is 8.42. The van der Waals surface area contributed by atoms with Gasteiger partial charge < -0.3 is 14.6 Å². The summed E-state index contributed by atoms with van der Waals surface area (Å²) in [5.41, 5.74) is 3.32. The van der Waals surface area contributed by atoms with Crippen LogP contribution in [0, 0.1) is 0 Å². The number of ether oxygens (including phenoxy) is 2. The Morgan fingerprint density at radius 1 is 0.800 bits per heavy atom. The Bertz CT molecular complexity index is 1290. The first-order chi connectivity index (χ1) is 17.0. The highest BCUT2D eigenvalue weighted by molar-refractivity contribution is 6.31. The average molecular weight is 506 g/mol. The van der Waals surface area contributed by atoms with E-state index in [9.17, 15) is 4.79 Å². The Labute approximate surface area is 213 Å². The fraction of sp³-hybridized carbons (Fsp3) is 0.0714. The fourth-order valence-corrected chi connectivity index (χ4v) is 3.60. The smallest absolute Gasteiger partial charge is 0.337 e. The second-order valence-electron chi connectivity index (χ2n) is 7.61. The van der Waals surface area contributed by atoms with Gasteiger partial charge in [-0.25, -0.2) is 4.79 Å². The molecule has 176 valence electrons. The largest absolute Gasteiger partial charge is 0.489 e. The molecule has 0 amide bonds. The number of halogens is 2. The summed E-state index contributed by atoms with van der Waals surface area (Å²) >= 11 is 12.5. The normalized spacial score (nSPS) is 10.9. The van der Waals surface area contributed by atoms with Crippen LogP contribution >= 0.6 is 23.2 Å². The first kappa shape index (κ1) is 24.3. The first-order valence-corrected chi connectivity index (χ1v) is 11.5. The molecule has 0 fully saturated rings. The van der Waals surface area contributed by atoms with Crippen LogP contribution in [0.2, 0.25) is 10.0 Å². The maximum atomic E-state index is 11.0. The van der Waals surface area contributed by atoms with Crippen LogP contribution in [0.15, 0.2) is 85.1 Å². The van der Waals surface area contributed by atoms with Gasteiger partial charge in [-0.15, -0.1) is 0 Å². The van der Waals surface area contributed by atoms with Crippen LogP contribution in [0.3, 0.4) is 0 Å². The molecule has 0 saturated carbocycles. The number of aromatic carboxylic acids is 1. The molecule has 0 unspecified atom stereocenters. The lowest BCUT2D eigenvalue weighted by molar-refractivity contribution is 0.0696. The third-order valence-electron chi connectivity index (χ3n) is 5.09. The molecule has 0 spiro atoms. The molecule has 0 bridgehead atoms. The molecule has 3 aromatic carbocycles. The number of rotatable bonds is 9. The molecule has 7 heteroatoms. The van der Waals surface area contributed by atoms with Gasteiger partial charge >= 0.3 is 5.97 Å². The molecule has 1 aromatic heterocycles. The summed E-state index contributed by atoms with van der Waals surface area (Å²) in [4.78, 5) is 15.2. The maximum Gasteiger partial charge on any atom is 0.337 e. The van der Waals surface area contributed by atoms with Crippen molar-refractivity contribution in [2.45, 2.75) is 13.2 Å². The predicted octanol–water partition coefficient (Wildman–Crippen LogP) is 7.42. The summed E-state index contributed by atoms with van der Waals surface area (Å²) in [6.07, 6.45) is 4.97. The average Bonchev–Trinajstić information content (AvgIpc) is 2.87. The molecular weight excluding hydrogens is 485 g/mol. The van der Waals surface area contributed by atoms with Crippen molar-refractivity contribution in [3.05, 3.63) is 123 Å². The minimum Gasteiger partial charge on any atom is -0.489 e. The van der Waals surface area contributed by atoms with Gasteiger partial charge in [0.25, 0.3) is 0 Å². The van der Waals surface area contributed by atoms with Crippen molar-refractivity contribution in [1.29, 1.82) is 0 Å². The number of pyridine rings is 1. The van der Waals surface area contributed by atoms with E-state index < -0.39 is 5.97 Å². The maximum absolute atomic E-state index is 11.0. The lowest BCUT2D eigenvalue weighted by Gasteiger charge is -2.13. The Morgan fingerprint density at radius 3 is 1.86 bits per heavy atom. The highest BCUT2D eigenvalue weighted by Crippen LogP contribution is 2.27. The van der Waals surface area contributed by atoms with Crippen molar-refractivity contribution in [1.82, 2.24) is 4.98 Å². The second kappa shape index (κ2) is 11.6. The Hall–Kier alpha value is -3.80. The zero-order valence-corrected chi connectivity index (χ0v) is 20.0. The quantitative estimate of drug-likeness (QED) is 0.256. The molecule has 0 radical (unpaired) electrons. The summed E-state index contributed by atoms with van der Waals surface area (Å²) in [5.74, 6) is 0.197.